The molecular formula is C108H154N4O6S3. The summed E-state index contributed by atoms with van der Waals surface area (Å²) in [5.74, 6) is 3.98. The Bertz CT molecular complexity index is 4680. The fraction of sp³-hybridized carbons (Fsp3) is 0.611. The van der Waals surface area contributed by atoms with E-state index in [0.717, 1.165) is 192 Å². The van der Waals surface area contributed by atoms with Crippen molar-refractivity contribution in [2.45, 2.75) is 401 Å². The van der Waals surface area contributed by atoms with E-state index in [1.54, 1.807) is 22.7 Å². The highest BCUT2D eigenvalue weighted by Gasteiger charge is 2.29. The third-order valence-corrected chi connectivity index (χ3v) is 27.8. The van der Waals surface area contributed by atoms with Crippen molar-refractivity contribution in [2.24, 2.45) is 0 Å². The van der Waals surface area contributed by atoms with Crippen molar-refractivity contribution < 1.29 is 27.8 Å². The van der Waals surface area contributed by atoms with Gasteiger partial charge in [0.1, 0.15) is 39.0 Å². The van der Waals surface area contributed by atoms with Crippen molar-refractivity contribution in [3.8, 4) is 77.0 Å². The molecule has 0 saturated heterocycles. The van der Waals surface area contributed by atoms with E-state index in [1.807, 2.05) is 6.26 Å². The molecule has 121 heavy (non-hydrogen) atoms. The molecule has 6 heterocycles. The number of fused-ring (bicyclic) bond motifs is 7. The topological polar surface area (TPSA) is 115 Å². The second-order valence-corrected chi connectivity index (χ2v) is 37.9. The quantitative estimate of drug-likeness (QED) is 0.0341. The minimum atomic E-state index is 0.602. The van der Waals surface area contributed by atoms with Crippen LogP contribution < -0.4 is 18.9 Å². The van der Waals surface area contributed by atoms with Crippen LogP contribution in [0.4, 0.5) is 0 Å². The maximum Gasteiger partial charge on any atom is 0.161 e. The Kier molecular flexibility index (Phi) is 43.5. The predicted octanol–water partition coefficient (Wildman–Crippen LogP) is 36.5. The molecule has 6 aromatic heterocycles. The lowest BCUT2D eigenvalue weighted by Crippen LogP contribution is -2.05. The molecule has 0 aliphatic carbocycles. The summed E-state index contributed by atoms with van der Waals surface area (Å²) in [6.07, 6.45) is 72.2. The molecule has 11 aromatic rings. The van der Waals surface area contributed by atoms with Crippen molar-refractivity contribution in [3.05, 3.63) is 108 Å². The summed E-state index contributed by atoms with van der Waals surface area (Å²) in [6.45, 7) is 16.3. The third-order valence-electron chi connectivity index (χ3n) is 25.3. The summed E-state index contributed by atoms with van der Waals surface area (Å²) >= 11 is 4.73. The van der Waals surface area contributed by atoms with Crippen molar-refractivity contribution in [1.29, 1.82) is 0 Å². The van der Waals surface area contributed by atoms with E-state index in [0.29, 0.717) is 26.4 Å². The average Bonchev–Trinajstić information content (AvgIpc) is 1.67. The number of nitrogens with zero attached hydrogens (tertiary/aromatic N) is 4. The summed E-state index contributed by atoms with van der Waals surface area (Å²) in [5.41, 5.74) is 12.8. The number of aromatic nitrogens is 4. The van der Waals surface area contributed by atoms with Gasteiger partial charge < -0.3 is 27.8 Å². The van der Waals surface area contributed by atoms with Gasteiger partial charge in [-0.3, -0.25) is 0 Å². The van der Waals surface area contributed by atoms with Crippen molar-refractivity contribution in [3.63, 3.8) is 0 Å². The van der Waals surface area contributed by atoms with Gasteiger partial charge in [-0.05, 0) is 129 Å². The Morgan fingerprint density at radius 1 is 0.306 bits per heavy atom. The normalized spacial score (nSPS) is 11.9. The average molecular weight is 1700 g/mol. The van der Waals surface area contributed by atoms with Gasteiger partial charge in [0.25, 0.3) is 0 Å². The van der Waals surface area contributed by atoms with Crippen LogP contribution in [0.1, 0.15) is 399 Å². The fourth-order valence-electron chi connectivity index (χ4n) is 18.0. The molecule has 0 N–H and O–H groups in total. The maximum absolute atomic E-state index is 7.48. The molecule has 13 heteroatoms. The summed E-state index contributed by atoms with van der Waals surface area (Å²) < 4.78 is 52.4. The van der Waals surface area contributed by atoms with E-state index < -0.39 is 0 Å². The second-order valence-electron chi connectivity index (χ2n) is 35.3. The summed E-state index contributed by atoms with van der Waals surface area (Å²) in [6, 6.07) is 31.2. The minimum absolute atomic E-state index is 0.602. The summed E-state index contributed by atoms with van der Waals surface area (Å²) in [4.78, 5) is 15.4. The highest BCUT2D eigenvalue weighted by Crippen LogP contribution is 2.51. The predicted molar refractivity (Wildman–Crippen MR) is 523 cm³/mol. The number of hydrogen-bond donors (Lipinski definition) is 0. The molecule has 5 aromatic carbocycles. The fourth-order valence-corrected chi connectivity index (χ4v) is 20.4. The second kappa shape index (κ2) is 55.5. The van der Waals surface area contributed by atoms with Crippen LogP contribution in [0.3, 0.4) is 0 Å². The highest BCUT2D eigenvalue weighted by molar-refractivity contribution is 7.19. The smallest absolute Gasteiger partial charge is 0.161 e. The Balaban J connectivity index is 1.00. The zero-order valence-corrected chi connectivity index (χ0v) is 78.6. The van der Waals surface area contributed by atoms with Gasteiger partial charge in [0, 0.05) is 59.1 Å². The van der Waals surface area contributed by atoms with Crippen LogP contribution in [0, 0.1) is 0 Å². The van der Waals surface area contributed by atoms with E-state index in [4.69, 9.17) is 46.5 Å². The van der Waals surface area contributed by atoms with E-state index >= 15 is 0 Å². The molecule has 0 aliphatic rings. The van der Waals surface area contributed by atoms with Crippen LogP contribution in [0.5, 0.6) is 23.0 Å². The lowest BCUT2D eigenvalue weighted by Gasteiger charge is -2.19. The van der Waals surface area contributed by atoms with Crippen molar-refractivity contribution >= 4 is 89.2 Å². The van der Waals surface area contributed by atoms with E-state index in [9.17, 15) is 0 Å². The maximum atomic E-state index is 7.48. The summed E-state index contributed by atoms with van der Waals surface area (Å²) in [5, 5.41) is 6.75. The first-order valence-corrected chi connectivity index (χ1v) is 52.2. The molecule has 0 spiro atoms. The first-order chi connectivity index (χ1) is 60.0. The number of benzene rings is 5. The number of furan rings is 2. The molecule has 0 atom stereocenters. The number of unbranched alkanes of at least 4 members (excludes halogenated alkanes) is 48. The van der Waals surface area contributed by atoms with Gasteiger partial charge in [-0.25, -0.2) is 9.97 Å². The summed E-state index contributed by atoms with van der Waals surface area (Å²) in [7, 11) is 0. The number of ether oxygens (including phenoxy) is 4. The Morgan fingerprint density at radius 2 is 0.661 bits per heavy atom. The van der Waals surface area contributed by atoms with Gasteiger partial charge in [-0.15, -0.1) is 22.7 Å². The van der Waals surface area contributed by atoms with Crippen molar-refractivity contribution in [1.82, 2.24) is 18.7 Å². The van der Waals surface area contributed by atoms with Crippen LogP contribution in [-0.2, 0) is 12.8 Å². The van der Waals surface area contributed by atoms with Gasteiger partial charge in [0.2, 0.25) is 0 Å². The monoisotopic (exact) mass is 1700 g/mol. The van der Waals surface area contributed by atoms with Crippen LogP contribution in [0.25, 0.3) is 109 Å². The first kappa shape index (κ1) is 94.9. The Hall–Kier alpha value is -6.80. The number of rotatable bonds is 69. The van der Waals surface area contributed by atoms with E-state index in [-0.39, 0.29) is 0 Å². The molecule has 0 amide bonds. The van der Waals surface area contributed by atoms with Gasteiger partial charge in [-0.1, -0.05) is 368 Å². The van der Waals surface area contributed by atoms with Crippen molar-refractivity contribution in [2.75, 3.05) is 26.4 Å². The van der Waals surface area contributed by atoms with Gasteiger partial charge in [-0.2, -0.15) is 8.75 Å². The lowest BCUT2D eigenvalue weighted by atomic mass is 9.98. The zero-order valence-electron chi connectivity index (χ0n) is 76.1. The Morgan fingerprint density at radius 3 is 1.07 bits per heavy atom. The zero-order chi connectivity index (χ0) is 83.9. The van der Waals surface area contributed by atoms with Crippen LogP contribution in [-0.4, -0.2) is 45.1 Å². The molecule has 11 rings (SSSR count). The van der Waals surface area contributed by atoms with Gasteiger partial charge in [0.05, 0.1) is 60.7 Å². The molecular weight excluding hydrogens is 1550 g/mol. The molecule has 0 aliphatic heterocycles. The molecule has 660 valence electrons. The van der Waals surface area contributed by atoms with Crippen LogP contribution >= 0.6 is 34.4 Å². The largest absolute Gasteiger partial charge is 0.490 e. The van der Waals surface area contributed by atoms with Crippen LogP contribution in [0.2, 0.25) is 0 Å². The number of hydrogen-bond acceptors (Lipinski definition) is 13. The molecule has 0 saturated carbocycles. The molecule has 0 fully saturated rings. The highest BCUT2D eigenvalue weighted by atomic mass is 32.1. The van der Waals surface area contributed by atoms with E-state index in [1.165, 1.54) is 323 Å². The lowest BCUT2D eigenvalue weighted by molar-refractivity contribution is 0.258. The SMILES string of the molecule is CCCCCCCCCCCCOc1ccc(-c2nc3c(-c4cccs4)c4nsnc4c(-c4ccc(-c5oc6c(ccc7c6ccc6c(CCCCCCCCC)coc67)c5CCCCCCCCC)s4)c3nc2-c2ccc(OCCCCCCCCCCCC)c(OCCCCCCCCCCCC)c2)cc1OCCCCCCCCCCCC. The van der Waals surface area contributed by atoms with Gasteiger partial charge in [0.15, 0.2) is 23.0 Å². The Labute approximate surface area is 742 Å². The third kappa shape index (κ3) is 29.4. The molecule has 10 nitrogen and oxygen atoms in total. The first-order valence-electron chi connectivity index (χ1n) is 49.8. The van der Waals surface area contributed by atoms with Gasteiger partial charge >= 0.3 is 0 Å². The molecule has 0 unspecified atom stereocenters. The number of aryl methyl sites for hydroxylation is 2. The number of thiophene rings is 2. The minimum Gasteiger partial charge on any atom is -0.490 e. The molecule has 0 radical (unpaired) electrons. The molecule has 0 bridgehead atoms. The van der Waals surface area contributed by atoms with Crippen LogP contribution in [0.15, 0.2) is 105 Å². The standard InChI is InChI=1S/C108H154N4O6S3/c1-7-13-19-25-31-35-39-45-51-57-75-113-91-71-65-83(80-93(91)115-77-59-53-47-41-37-33-27-21-15-9-3)100-101(84-66-72-92(114-76-58-52-46-40-36-32-26-20-14-8-2)94(81-84)116-78-60-54-48-42-38-34-28-22-16-10-4)110-103-99(105-104(111-121-112-105)98(102(103)109-100)95-64-61-79-119-95)96-73-74-97(120-96)108-87(63-56-50-44-30-24-18-12-6)89-70-69-88-90(107(89)118-108)68-67-86-85(82-117-106(86)88)62-55-49-43-29-23-17-11-5/h61,64-74,79-82H,7-60,62-63,75-78H2,1-6H3. The van der Waals surface area contributed by atoms with E-state index in [2.05, 4.69) is 132 Å².